The molecule has 2 aromatic rings. The van der Waals surface area contributed by atoms with Crippen LogP contribution in [0.4, 0.5) is 0 Å². The quantitative estimate of drug-likeness (QED) is 0.826. The third kappa shape index (κ3) is 4.26. The summed E-state index contributed by atoms with van der Waals surface area (Å²) < 4.78 is 11.0. The van der Waals surface area contributed by atoms with Gasteiger partial charge in [-0.1, -0.05) is 18.6 Å². The minimum atomic E-state index is -0.286. The van der Waals surface area contributed by atoms with Gasteiger partial charge in [0.25, 0.3) is 0 Å². The van der Waals surface area contributed by atoms with E-state index in [1.165, 1.54) is 32.1 Å². The lowest BCUT2D eigenvalue weighted by molar-refractivity contribution is -0.708. The summed E-state index contributed by atoms with van der Waals surface area (Å²) in [5.74, 6) is 1.56. The first kappa shape index (κ1) is 16.8. The topological polar surface area (TPSA) is 56.0 Å². The number of carbonyl (C=O) groups excluding carboxylic acids is 1. The van der Waals surface area contributed by atoms with Crippen molar-refractivity contribution in [3.63, 3.8) is 0 Å². The first-order chi connectivity index (χ1) is 11.8. The van der Waals surface area contributed by atoms with Crippen LogP contribution in [0.2, 0.25) is 0 Å². The summed E-state index contributed by atoms with van der Waals surface area (Å²) in [6.45, 7) is 3.09. The molecule has 0 unspecified atom stereocenters. The molecule has 1 aromatic heterocycles. The van der Waals surface area contributed by atoms with E-state index in [-0.39, 0.29) is 5.97 Å². The van der Waals surface area contributed by atoms with Gasteiger partial charge in [-0.05, 0) is 56.9 Å². The zero-order valence-corrected chi connectivity index (χ0v) is 14.3. The van der Waals surface area contributed by atoms with Crippen LogP contribution in [0.5, 0.6) is 0 Å². The minimum absolute atomic E-state index is 0.286. The third-order valence-electron chi connectivity index (χ3n) is 4.64. The average molecular weight is 328 g/mol. The van der Waals surface area contributed by atoms with Gasteiger partial charge < -0.3 is 14.5 Å². The molecule has 1 aromatic carbocycles. The molecule has 2 N–H and O–H groups in total. The van der Waals surface area contributed by atoms with E-state index >= 15 is 0 Å². The van der Waals surface area contributed by atoms with Crippen molar-refractivity contribution in [2.24, 2.45) is 0 Å². The van der Waals surface area contributed by atoms with Crippen LogP contribution < -0.4 is 5.32 Å². The number of carbonyl (C=O) groups is 1. The second-order valence-corrected chi connectivity index (χ2v) is 6.40. The SMILES string of the molecule is CCOC(=O)c1ccc(-c2ccc(C[NH2+]C3CCCCC3)o2)cc1. The molecule has 1 aliphatic carbocycles. The highest BCUT2D eigenvalue weighted by molar-refractivity contribution is 5.89. The molecule has 0 spiro atoms. The summed E-state index contributed by atoms with van der Waals surface area (Å²) in [5.41, 5.74) is 1.55. The van der Waals surface area contributed by atoms with Crippen molar-refractivity contribution >= 4 is 5.97 Å². The number of nitrogens with two attached hydrogens (primary N) is 1. The Balaban J connectivity index is 1.59. The van der Waals surface area contributed by atoms with E-state index in [0.29, 0.717) is 12.2 Å². The Labute approximate surface area is 143 Å². The number of hydrogen-bond donors (Lipinski definition) is 1. The number of ether oxygens (including phenoxy) is 1. The largest absolute Gasteiger partial charge is 0.462 e. The third-order valence-corrected chi connectivity index (χ3v) is 4.64. The lowest BCUT2D eigenvalue weighted by Gasteiger charge is -2.19. The molecule has 0 saturated heterocycles. The summed E-state index contributed by atoms with van der Waals surface area (Å²) in [7, 11) is 0. The van der Waals surface area contributed by atoms with E-state index in [2.05, 4.69) is 5.32 Å². The average Bonchev–Trinajstić information content (AvgIpc) is 3.10. The summed E-state index contributed by atoms with van der Waals surface area (Å²) in [6.07, 6.45) is 6.75. The van der Waals surface area contributed by atoms with Gasteiger partial charge in [-0.25, -0.2) is 4.79 Å². The fourth-order valence-corrected chi connectivity index (χ4v) is 3.28. The van der Waals surface area contributed by atoms with Gasteiger partial charge in [-0.2, -0.15) is 0 Å². The summed E-state index contributed by atoms with van der Waals surface area (Å²) in [6, 6.07) is 12.2. The minimum Gasteiger partial charge on any atom is -0.462 e. The van der Waals surface area contributed by atoms with Gasteiger partial charge in [0.2, 0.25) is 0 Å². The summed E-state index contributed by atoms with van der Waals surface area (Å²) in [4.78, 5) is 11.7. The predicted octanol–water partition coefficient (Wildman–Crippen LogP) is 3.52. The van der Waals surface area contributed by atoms with E-state index in [1.807, 2.05) is 24.3 Å². The molecule has 3 rings (SSSR count). The molecule has 0 radical (unpaired) electrons. The molecule has 1 fully saturated rings. The van der Waals surface area contributed by atoms with Crippen molar-refractivity contribution in [2.75, 3.05) is 6.61 Å². The van der Waals surface area contributed by atoms with E-state index < -0.39 is 0 Å². The summed E-state index contributed by atoms with van der Waals surface area (Å²) in [5, 5.41) is 2.41. The van der Waals surface area contributed by atoms with E-state index in [1.54, 1.807) is 19.1 Å². The van der Waals surface area contributed by atoms with Crippen LogP contribution in [0.15, 0.2) is 40.8 Å². The fraction of sp³-hybridized carbons (Fsp3) is 0.450. The Morgan fingerprint density at radius 1 is 1.12 bits per heavy atom. The fourth-order valence-electron chi connectivity index (χ4n) is 3.28. The van der Waals surface area contributed by atoms with Crippen molar-refractivity contribution in [3.05, 3.63) is 47.7 Å². The number of rotatable bonds is 6. The molecule has 0 atom stereocenters. The van der Waals surface area contributed by atoms with Crippen molar-refractivity contribution in [2.45, 2.75) is 51.6 Å². The maximum absolute atomic E-state index is 11.7. The zero-order chi connectivity index (χ0) is 16.8. The van der Waals surface area contributed by atoms with E-state index in [4.69, 9.17) is 9.15 Å². The van der Waals surface area contributed by atoms with Gasteiger partial charge in [0.1, 0.15) is 12.3 Å². The van der Waals surface area contributed by atoms with Crippen LogP contribution >= 0.6 is 0 Å². The van der Waals surface area contributed by atoms with E-state index in [9.17, 15) is 4.79 Å². The Kier molecular flexibility index (Phi) is 5.70. The highest BCUT2D eigenvalue weighted by Gasteiger charge is 2.17. The Hall–Kier alpha value is -2.07. The zero-order valence-electron chi connectivity index (χ0n) is 14.3. The van der Waals surface area contributed by atoms with Gasteiger partial charge in [0.05, 0.1) is 18.2 Å². The molecule has 0 amide bonds. The Morgan fingerprint density at radius 2 is 1.88 bits per heavy atom. The van der Waals surface area contributed by atoms with Crippen LogP contribution in [0.1, 0.15) is 55.1 Å². The number of hydrogen-bond acceptors (Lipinski definition) is 3. The standard InChI is InChI=1S/C20H25NO3/c1-2-23-20(22)16-10-8-15(9-11-16)19-13-12-18(24-19)14-21-17-6-4-3-5-7-17/h8-13,17,21H,2-7,14H2,1H3/p+1. The highest BCUT2D eigenvalue weighted by Crippen LogP contribution is 2.23. The molecule has 24 heavy (non-hydrogen) atoms. The normalized spacial score (nSPS) is 15.4. The van der Waals surface area contributed by atoms with E-state index in [0.717, 1.165) is 29.7 Å². The molecule has 1 heterocycles. The molecule has 1 aliphatic rings. The molecule has 1 saturated carbocycles. The van der Waals surface area contributed by atoms with Crippen LogP contribution in [0, 0.1) is 0 Å². The Bertz CT molecular complexity index is 654. The first-order valence-corrected chi connectivity index (χ1v) is 8.96. The maximum Gasteiger partial charge on any atom is 0.338 e. The molecular formula is C20H26NO3+. The van der Waals surface area contributed by atoms with Crippen LogP contribution in [-0.2, 0) is 11.3 Å². The molecule has 128 valence electrons. The van der Waals surface area contributed by atoms with Gasteiger partial charge >= 0.3 is 5.97 Å². The lowest BCUT2D eigenvalue weighted by atomic mass is 9.95. The second kappa shape index (κ2) is 8.15. The predicted molar refractivity (Wildman–Crippen MR) is 92.6 cm³/mol. The van der Waals surface area contributed by atoms with Gasteiger partial charge in [-0.15, -0.1) is 0 Å². The number of furan rings is 1. The van der Waals surface area contributed by atoms with Crippen molar-refractivity contribution in [1.82, 2.24) is 0 Å². The first-order valence-electron chi connectivity index (χ1n) is 8.96. The van der Waals surface area contributed by atoms with Crippen LogP contribution in [0.25, 0.3) is 11.3 Å². The second-order valence-electron chi connectivity index (χ2n) is 6.40. The number of quaternary nitrogens is 1. The number of benzene rings is 1. The molecule has 4 nitrogen and oxygen atoms in total. The van der Waals surface area contributed by atoms with Gasteiger partial charge in [-0.3, -0.25) is 0 Å². The van der Waals surface area contributed by atoms with Crippen LogP contribution in [-0.4, -0.2) is 18.6 Å². The number of esters is 1. The molecular weight excluding hydrogens is 302 g/mol. The van der Waals surface area contributed by atoms with Crippen molar-refractivity contribution < 1.29 is 19.3 Å². The Morgan fingerprint density at radius 3 is 2.58 bits per heavy atom. The summed E-state index contributed by atoms with van der Waals surface area (Å²) >= 11 is 0. The molecule has 0 bridgehead atoms. The highest BCUT2D eigenvalue weighted by atomic mass is 16.5. The molecule has 4 heteroatoms. The smallest absolute Gasteiger partial charge is 0.338 e. The molecule has 0 aliphatic heterocycles. The van der Waals surface area contributed by atoms with Crippen molar-refractivity contribution in [1.29, 1.82) is 0 Å². The van der Waals surface area contributed by atoms with Crippen molar-refractivity contribution in [3.8, 4) is 11.3 Å². The lowest BCUT2D eigenvalue weighted by Crippen LogP contribution is -2.88. The van der Waals surface area contributed by atoms with Crippen LogP contribution in [0.3, 0.4) is 0 Å². The maximum atomic E-state index is 11.7. The monoisotopic (exact) mass is 328 g/mol. The van der Waals surface area contributed by atoms with Gasteiger partial charge in [0, 0.05) is 5.56 Å². The van der Waals surface area contributed by atoms with Gasteiger partial charge in [0.15, 0.2) is 5.76 Å².